The van der Waals surface area contributed by atoms with E-state index >= 15 is 0 Å². The van der Waals surface area contributed by atoms with Crippen molar-refractivity contribution in [3.05, 3.63) is 87.4 Å². The summed E-state index contributed by atoms with van der Waals surface area (Å²) in [7, 11) is -2.79. The molecule has 0 aliphatic heterocycles. The van der Waals surface area contributed by atoms with Crippen molar-refractivity contribution >= 4 is 62.3 Å². The molecule has 0 heterocycles. The monoisotopic (exact) mass is 665 g/mol. The Labute approximate surface area is 267 Å². The highest BCUT2D eigenvalue weighted by atomic mass is 35.5. The van der Waals surface area contributed by atoms with Crippen molar-refractivity contribution in [1.29, 1.82) is 0 Å². The molecule has 0 saturated heterocycles. The molecule has 0 unspecified atom stereocenters. The van der Waals surface area contributed by atoms with Crippen molar-refractivity contribution in [2.24, 2.45) is 0 Å². The largest absolute Gasteiger partial charge is 0.497 e. The number of methoxy groups -OCH3 is 1. The lowest BCUT2D eigenvalue weighted by Gasteiger charge is -2.34. The van der Waals surface area contributed by atoms with Gasteiger partial charge in [0.15, 0.2) is 0 Å². The van der Waals surface area contributed by atoms with E-state index in [2.05, 4.69) is 5.32 Å². The van der Waals surface area contributed by atoms with Crippen LogP contribution in [0.4, 0.5) is 5.69 Å². The summed E-state index contributed by atoms with van der Waals surface area (Å²) >= 11 is 19.2. The topological polar surface area (TPSA) is 96.0 Å². The van der Waals surface area contributed by atoms with Gasteiger partial charge >= 0.3 is 0 Å². The van der Waals surface area contributed by atoms with E-state index in [1.165, 1.54) is 42.3 Å². The SMILES string of the molecule is CC[C@@H](C(=O)NC1CCCC1)N(Cc1c(Cl)cccc1Cl)C(=O)CN(c1cccc(Cl)c1)S(=O)(=O)c1ccc(OC)cc1. The van der Waals surface area contributed by atoms with Gasteiger partial charge in [-0.2, -0.15) is 0 Å². The van der Waals surface area contributed by atoms with Gasteiger partial charge in [0.1, 0.15) is 18.3 Å². The first kappa shape index (κ1) is 32.9. The molecule has 1 fully saturated rings. The van der Waals surface area contributed by atoms with Crippen LogP contribution >= 0.6 is 34.8 Å². The van der Waals surface area contributed by atoms with Gasteiger partial charge in [-0.25, -0.2) is 8.42 Å². The molecule has 3 aromatic carbocycles. The Kier molecular flexibility index (Phi) is 11.2. The zero-order valence-corrected chi connectivity index (χ0v) is 27.0. The van der Waals surface area contributed by atoms with E-state index in [1.807, 2.05) is 0 Å². The number of sulfonamides is 1. The van der Waals surface area contributed by atoms with Gasteiger partial charge in [-0.15, -0.1) is 0 Å². The van der Waals surface area contributed by atoms with Crippen molar-refractivity contribution < 1.29 is 22.7 Å². The van der Waals surface area contributed by atoms with Gasteiger partial charge in [-0.3, -0.25) is 13.9 Å². The fourth-order valence-corrected chi connectivity index (χ4v) is 7.28. The Morgan fingerprint density at radius 2 is 1.60 bits per heavy atom. The molecule has 1 N–H and O–H groups in total. The molecule has 0 bridgehead atoms. The zero-order chi connectivity index (χ0) is 31.1. The van der Waals surface area contributed by atoms with Gasteiger partial charge in [-0.1, -0.05) is 66.7 Å². The Hall–Kier alpha value is -2.98. The third-order valence-electron chi connectivity index (χ3n) is 7.50. The number of amides is 2. The molecule has 43 heavy (non-hydrogen) atoms. The fraction of sp³-hybridized carbons (Fsp3) is 0.355. The van der Waals surface area contributed by atoms with Crippen LogP contribution in [0.5, 0.6) is 5.75 Å². The average molecular weight is 667 g/mol. The quantitative estimate of drug-likeness (QED) is 0.232. The van der Waals surface area contributed by atoms with E-state index in [0.29, 0.717) is 26.4 Å². The lowest BCUT2D eigenvalue weighted by Crippen LogP contribution is -2.53. The third kappa shape index (κ3) is 7.95. The number of carbonyl (C=O) groups excluding carboxylic acids is 2. The second-order valence-electron chi connectivity index (χ2n) is 10.3. The molecular formula is C31H34Cl3N3O5S. The molecule has 1 aliphatic carbocycles. The molecule has 3 aromatic rings. The number of benzene rings is 3. The summed E-state index contributed by atoms with van der Waals surface area (Å²) < 4.78 is 34.2. The van der Waals surface area contributed by atoms with E-state index in [4.69, 9.17) is 39.5 Å². The van der Waals surface area contributed by atoms with E-state index < -0.39 is 28.5 Å². The Bertz CT molecular complexity index is 1530. The van der Waals surface area contributed by atoms with Gasteiger partial charge < -0.3 is 15.0 Å². The van der Waals surface area contributed by atoms with Gasteiger partial charge in [-0.05, 0) is 73.9 Å². The number of carbonyl (C=O) groups is 2. The van der Waals surface area contributed by atoms with E-state index in [1.54, 1.807) is 43.3 Å². The molecule has 0 spiro atoms. The van der Waals surface area contributed by atoms with Gasteiger partial charge in [0.05, 0.1) is 17.7 Å². The van der Waals surface area contributed by atoms with Crippen LogP contribution in [0.25, 0.3) is 0 Å². The molecule has 4 rings (SSSR count). The Morgan fingerprint density at radius 3 is 2.19 bits per heavy atom. The molecule has 12 heteroatoms. The number of nitrogens with one attached hydrogen (secondary N) is 1. The molecular weight excluding hydrogens is 633 g/mol. The average Bonchev–Trinajstić information content (AvgIpc) is 3.50. The highest BCUT2D eigenvalue weighted by Gasteiger charge is 2.35. The van der Waals surface area contributed by atoms with Gasteiger partial charge in [0.2, 0.25) is 11.8 Å². The Morgan fingerprint density at radius 1 is 0.977 bits per heavy atom. The highest BCUT2D eigenvalue weighted by molar-refractivity contribution is 7.92. The molecule has 1 atom stereocenters. The minimum atomic E-state index is -4.27. The van der Waals surface area contributed by atoms with Crippen molar-refractivity contribution in [3.8, 4) is 5.75 Å². The number of ether oxygens (including phenoxy) is 1. The van der Waals surface area contributed by atoms with Crippen LogP contribution in [-0.4, -0.2) is 50.9 Å². The normalized spacial score (nSPS) is 14.3. The maximum Gasteiger partial charge on any atom is 0.264 e. The summed E-state index contributed by atoms with van der Waals surface area (Å²) in [5.74, 6) is -0.439. The molecule has 1 saturated carbocycles. The van der Waals surface area contributed by atoms with Crippen LogP contribution in [0.15, 0.2) is 71.6 Å². The predicted molar refractivity (Wildman–Crippen MR) is 170 cm³/mol. The van der Waals surface area contributed by atoms with Crippen molar-refractivity contribution in [1.82, 2.24) is 10.2 Å². The van der Waals surface area contributed by atoms with Gasteiger partial charge in [0.25, 0.3) is 10.0 Å². The smallest absolute Gasteiger partial charge is 0.264 e. The molecule has 230 valence electrons. The number of nitrogens with zero attached hydrogens (tertiary/aromatic N) is 2. The lowest BCUT2D eigenvalue weighted by atomic mass is 10.1. The molecule has 0 radical (unpaired) electrons. The second kappa shape index (κ2) is 14.7. The lowest BCUT2D eigenvalue weighted by molar-refractivity contribution is -0.140. The van der Waals surface area contributed by atoms with Crippen molar-refractivity contribution in [2.75, 3.05) is 18.0 Å². The summed E-state index contributed by atoms with van der Waals surface area (Å²) in [6.07, 6.45) is 4.08. The molecule has 1 aliphatic rings. The molecule has 0 aromatic heterocycles. The first-order valence-corrected chi connectivity index (χ1v) is 16.6. The predicted octanol–water partition coefficient (Wildman–Crippen LogP) is 6.72. The number of rotatable bonds is 12. The van der Waals surface area contributed by atoms with Crippen LogP contribution in [0.3, 0.4) is 0 Å². The molecule has 8 nitrogen and oxygen atoms in total. The summed E-state index contributed by atoms with van der Waals surface area (Å²) in [4.78, 5) is 29.2. The van der Waals surface area contributed by atoms with Crippen LogP contribution < -0.4 is 14.4 Å². The maximum absolute atomic E-state index is 14.3. The van der Waals surface area contributed by atoms with Crippen LogP contribution in [-0.2, 0) is 26.2 Å². The Balaban J connectivity index is 1.75. The summed E-state index contributed by atoms with van der Waals surface area (Å²) in [5.41, 5.74) is 0.648. The van der Waals surface area contributed by atoms with Crippen molar-refractivity contribution in [2.45, 2.75) is 62.6 Å². The van der Waals surface area contributed by atoms with Crippen LogP contribution in [0, 0.1) is 0 Å². The van der Waals surface area contributed by atoms with E-state index in [-0.39, 0.29) is 35.5 Å². The number of halogens is 3. The fourth-order valence-electron chi connectivity index (χ4n) is 5.18. The first-order chi connectivity index (χ1) is 20.5. The van der Waals surface area contributed by atoms with Crippen LogP contribution in [0.1, 0.15) is 44.6 Å². The van der Waals surface area contributed by atoms with Crippen LogP contribution in [0.2, 0.25) is 15.1 Å². The summed E-state index contributed by atoms with van der Waals surface area (Å²) in [5, 5.41) is 4.03. The van der Waals surface area contributed by atoms with E-state index in [0.717, 1.165) is 30.0 Å². The molecule has 2 amide bonds. The minimum Gasteiger partial charge on any atom is -0.497 e. The standard InChI is InChI=1S/C31H34Cl3N3O5S/c1-3-29(31(39)35-22-9-4-5-10-22)36(19-26-27(33)12-7-13-28(26)34)30(38)20-37(23-11-6-8-21(32)18-23)43(40,41)25-16-14-24(42-2)15-17-25/h6-8,11-18,22,29H,3-5,9-10,19-20H2,1-2H3,(H,35,39)/t29-/m0/s1. The minimum absolute atomic E-state index is 0.0285. The zero-order valence-electron chi connectivity index (χ0n) is 23.9. The third-order valence-corrected chi connectivity index (χ3v) is 10.2. The van der Waals surface area contributed by atoms with Gasteiger partial charge in [0, 0.05) is 33.2 Å². The number of hydrogen-bond donors (Lipinski definition) is 1. The van der Waals surface area contributed by atoms with Crippen molar-refractivity contribution in [3.63, 3.8) is 0 Å². The summed E-state index contributed by atoms with van der Waals surface area (Å²) in [6, 6.07) is 16.2. The number of anilines is 1. The second-order valence-corrected chi connectivity index (χ2v) is 13.4. The van der Waals surface area contributed by atoms with E-state index in [9.17, 15) is 18.0 Å². The maximum atomic E-state index is 14.3. The highest BCUT2D eigenvalue weighted by Crippen LogP contribution is 2.30. The summed E-state index contributed by atoms with van der Waals surface area (Å²) in [6.45, 7) is 1.10. The number of hydrogen-bond acceptors (Lipinski definition) is 5. The first-order valence-electron chi connectivity index (χ1n) is 14.0.